The Morgan fingerprint density at radius 1 is 1.43 bits per heavy atom. The largest absolute Gasteiger partial charge is 0.496 e. The Bertz CT molecular complexity index is 492. The van der Waals surface area contributed by atoms with Crippen molar-refractivity contribution in [1.29, 1.82) is 0 Å². The van der Waals surface area contributed by atoms with Crippen molar-refractivity contribution in [3.63, 3.8) is 0 Å². The van der Waals surface area contributed by atoms with E-state index in [0.29, 0.717) is 18.1 Å². The molecule has 1 saturated carbocycles. The number of hydrogen-bond donors (Lipinski definition) is 2. The number of carbonyl (C=O) groups is 1. The summed E-state index contributed by atoms with van der Waals surface area (Å²) in [5, 5.41) is 13.3. The van der Waals surface area contributed by atoms with E-state index in [9.17, 15) is 9.90 Å². The van der Waals surface area contributed by atoms with Gasteiger partial charge in [0.05, 0.1) is 13.0 Å². The minimum atomic E-state index is -0.665. The standard InChI is InChI=1S/C16H22ClNO3/c1-21-15-7-6-13(17)8-12(15)10-18-9-11-4-2-3-5-14(11)16(19)20/h6-8,11,14,18H,2-5,9-10H2,1H3,(H,19,20). The Kier molecular flexibility index (Phi) is 5.88. The summed E-state index contributed by atoms with van der Waals surface area (Å²) in [5.74, 6) is 0.126. The molecule has 0 heterocycles. The number of benzene rings is 1. The van der Waals surface area contributed by atoms with Crippen LogP contribution >= 0.6 is 11.6 Å². The normalized spacial score (nSPS) is 22.0. The smallest absolute Gasteiger partial charge is 0.306 e. The van der Waals surface area contributed by atoms with E-state index in [1.54, 1.807) is 13.2 Å². The third-order valence-corrected chi connectivity index (χ3v) is 4.43. The van der Waals surface area contributed by atoms with Crippen LogP contribution in [0.25, 0.3) is 0 Å². The maximum atomic E-state index is 11.3. The van der Waals surface area contributed by atoms with Crippen LogP contribution in [0.4, 0.5) is 0 Å². The summed E-state index contributed by atoms with van der Waals surface area (Å²) in [7, 11) is 1.63. The molecule has 2 atom stereocenters. The molecule has 1 aliphatic rings. The van der Waals surface area contributed by atoms with Crippen molar-refractivity contribution in [2.24, 2.45) is 11.8 Å². The van der Waals surface area contributed by atoms with Gasteiger partial charge in [0, 0.05) is 17.1 Å². The summed E-state index contributed by atoms with van der Waals surface area (Å²) >= 11 is 6.01. The highest BCUT2D eigenvalue weighted by molar-refractivity contribution is 6.30. The molecule has 0 aromatic heterocycles. The number of hydrogen-bond acceptors (Lipinski definition) is 3. The lowest BCUT2D eigenvalue weighted by Crippen LogP contribution is -2.34. The van der Waals surface area contributed by atoms with E-state index in [1.165, 1.54) is 0 Å². The summed E-state index contributed by atoms with van der Waals surface area (Å²) < 4.78 is 5.31. The van der Waals surface area contributed by atoms with Gasteiger partial charge in [-0.25, -0.2) is 0 Å². The second kappa shape index (κ2) is 7.66. The Morgan fingerprint density at radius 3 is 2.90 bits per heavy atom. The SMILES string of the molecule is COc1ccc(Cl)cc1CNCC1CCCCC1C(=O)O. The lowest BCUT2D eigenvalue weighted by atomic mass is 9.79. The predicted octanol–water partition coefficient (Wildman–Crippen LogP) is 3.33. The zero-order valence-electron chi connectivity index (χ0n) is 12.3. The summed E-state index contributed by atoms with van der Waals surface area (Å²) in [6, 6.07) is 5.52. The molecule has 0 radical (unpaired) electrons. The molecule has 21 heavy (non-hydrogen) atoms. The highest BCUT2D eigenvalue weighted by Gasteiger charge is 2.30. The number of aliphatic carboxylic acids is 1. The lowest BCUT2D eigenvalue weighted by Gasteiger charge is -2.28. The van der Waals surface area contributed by atoms with Crippen LogP contribution in [0.15, 0.2) is 18.2 Å². The van der Waals surface area contributed by atoms with Crippen molar-refractivity contribution in [3.05, 3.63) is 28.8 Å². The van der Waals surface area contributed by atoms with Crippen LogP contribution in [0.2, 0.25) is 5.02 Å². The molecule has 0 amide bonds. The number of methoxy groups -OCH3 is 1. The van der Waals surface area contributed by atoms with Gasteiger partial charge in [-0.15, -0.1) is 0 Å². The Balaban J connectivity index is 1.91. The van der Waals surface area contributed by atoms with E-state index in [-0.39, 0.29) is 11.8 Å². The Morgan fingerprint density at radius 2 is 2.19 bits per heavy atom. The first-order chi connectivity index (χ1) is 10.1. The molecule has 2 rings (SSSR count). The molecule has 1 aromatic carbocycles. The van der Waals surface area contributed by atoms with E-state index < -0.39 is 5.97 Å². The average Bonchev–Trinajstić information content (AvgIpc) is 2.48. The first kappa shape index (κ1) is 16.1. The second-order valence-electron chi connectivity index (χ2n) is 5.58. The van der Waals surface area contributed by atoms with Crippen LogP contribution in [0.5, 0.6) is 5.75 Å². The molecule has 2 unspecified atom stereocenters. The number of carboxylic acid groups (broad SMARTS) is 1. The zero-order valence-corrected chi connectivity index (χ0v) is 13.0. The molecule has 1 aromatic rings. The zero-order chi connectivity index (χ0) is 15.2. The molecule has 4 nitrogen and oxygen atoms in total. The van der Waals surface area contributed by atoms with Gasteiger partial charge in [-0.2, -0.15) is 0 Å². The summed E-state index contributed by atoms with van der Waals surface area (Å²) in [6.45, 7) is 1.35. The van der Waals surface area contributed by atoms with Crippen LogP contribution in [0.1, 0.15) is 31.2 Å². The van der Waals surface area contributed by atoms with Gasteiger partial charge in [-0.05, 0) is 43.5 Å². The molecule has 1 aliphatic carbocycles. The van der Waals surface area contributed by atoms with Gasteiger partial charge in [0.25, 0.3) is 0 Å². The molecule has 0 spiro atoms. The monoisotopic (exact) mass is 311 g/mol. The van der Waals surface area contributed by atoms with Crippen molar-refractivity contribution >= 4 is 17.6 Å². The van der Waals surface area contributed by atoms with Gasteiger partial charge in [0.2, 0.25) is 0 Å². The number of rotatable bonds is 6. The third kappa shape index (κ3) is 4.35. The molecule has 0 bridgehead atoms. The minimum Gasteiger partial charge on any atom is -0.496 e. The van der Waals surface area contributed by atoms with Crippen LogP contribution in [-0.4, -0.2) is 24.7 Å². The molecule has 116 valence electrons. The first-order valence-corrected chi connectivity index (χ1v) is 7.75. The van der Waals surface area contributed by atoms with Crippen molar-refractivity contribution in [3.8, 4) is 5.75 Å². The van der Waals surface area contributed by atoms with E-state index in [4.69, 9.17) is 16.3 Å². The van der Waals surface area contributed by atoms with E-state index in [0.717, 1.165) is 37.0 Å². The molecule has 2 N–H and O–H groups in total. The fourth-order valence-electron chi connectivity index (χ4n) is 3.05. The lowest BCUT2D eigenvalue weighted by molar-refractivity contribution is -0.144. The van der Waals surface area contributed by atoms with Gasteiger partial charge in [0.1, 0.15) is 5.75 Å². The molecular weight excluding hydrogens is 290 g/mol. The second-order valence-corrected chi connectivity index (χ2v) is 6.01. The molecule has 5 heteroatoms. The third-order valence-electron chi connectivity index (χ3n) is 4.19. The van der Waals surface area contributed by atoms with Gasteiger partial charge < -0.3 is 15.2 Å². The number of carboxylic acids is 1. The molecular formula is C16H22ClNO3. The van der Waals surface area contributed by atoms with Crippen LogP contribution in [0.3, 0.4) is 0 Å². The van der Waals surface area contributed by atoms with Crippen LogP contribution in [-0.2, 0) is 11.3 Å². The van der Waals surface area contributed by atoms with Gasteiger partial charge in [-0.1, -0.05) is 24.4 Å². The van der Waals surface area contributed by atoms with Gasteiger partial charge >= 0.3 is 5.97 Å². The first-order valence-electron chi connectivity index (χ1n) is 7.37. The van der Waals surface area contributed by atoms with Crippen molar-refractivity contribution in [2.45, 2.75) is 32.2 Å². The van der Waals surface area contributed by atoms with E-state index >= 15 is 0 Å². The van der Waals surface area contributed by atoms with Gasteiger partial charge in [-0.3, -0.25) is 4.79 Å². The molecule has 0 aliphatic heterocycles. The summed E-state index contributed by atoms with van der Waals surface area (Å²) in [5.41, 5.74) is 0.993. The molecule has 1 fully saturated rings. The van der Waals surface area contributed by atoms with E-state index in [1.807, 2.05) is 12.1 Å². The highest BCUT2D eigenvalue weighted by atomic mass is 35.5. The van der Waals surface area contributed by atoms with Crippen molar-refractivity contribution < 1.29 is 14.6 Å². The highest BCUT2D eigenvalue weighted by Crippen LogP contribution is 2.30. The topological polar surface area (TPSA) is 58.6 Å². The Hall–Kier alpha value is -1.26. The fraction of sp³-hybridized carbons (Fsp3) is 0.562. The maximum Gasteiger partial charge on any atom is 0.306 e. The number of halogens is 1. The van der Waals surface area contributed by atoms with Crippen LogP contribution < -0.4 is 10.1 Å². The maximum absolute atomic E-state index is 11.3. The Labute approximate surface area is 130 Å². The van der Waals surface area contributed by atoms with E-state index in [2.05, 4.69) is 5.32 Å². The summed E-state index contributed by atoms with van der Waals surface area (Å²) in [6.07, 6.45) is 3.92. The minimum absolute atomic E-state index is 0.210. The fourth-order valence-corrected chi connectivity index (χ4v) is 3.25. The number of ether oxygens (including phenoxy) is 1. The predicted molar refractivity (Wildman–Crippen MR) is 82.8 cm³/mol. The van der Waals surface area contributed by atoms with Crippen molar-refractivity contribution in [1.82, 2.24) is 5.32 Å². The van der Waals surface area contributed by atoms with Crippen molar-refractivity contribution in [2.75, 3.05) is 13.7 Å². The quantitative estimate of drug-likeness (QED) is 0.846. The summed E-state index contributed by atoms with van der Waals surface area (Å²) in [4.78, 5) is 11.3. The van der Waals surface area contributed by atoms with Crippen LogP contribution in [0, 0.1) is 11.8 Å². The number of nitrogens with one attached hydrogen (secondary N) is 1. The molecule has 0 saturated heterocycles. The average molecular weight is 312 g/mol. The van der Waals surface area contributed by atoms with Gasteiger partial charge in [0.15, 0.2) is 0 Å².